The van der Waals surface area contributed by atoms with E-state index in [1.165, 1.54) is 16.2 Å². The molecule has 1 rings (SSSR count). The van der Waals surface area contributed by atoms with E-state index in [-0.39, 0.29) is 11.6 Å². The number of nitrogens with zero attached hydrogens (tertiary/aromatic N) is 2. The fourth-order valence-electron chi connectivity index (χ4n) is 0.852. The number of imidazole rings is 1. The first kappa shape index (κ1) is 6.92. The summed E-state index contributed by atoms with van der Waals surface area (Å²) in [4.78, 5) is 11.0. The van der Waals surface area contributed by atoms with Crippen molar-refractivity contribution in [1.29, 1.82) is 0 Å². The minimum Gasteiger partial charge on any atom is -0.493 e. The van der Waals surface area contributed by atoms with Gasteiger partial charge in [0.1, 0.15) is 0 Å². The maximum absolute atomic E-state index is 11.0. The van der Waals surface area contributed by atoms with Crippen LogP contribution >= 0.6 is 0 Å². The van der Waals surface area contributed by atoms with Gasteiger partial charge in [0.15, 0.2) is 0 Å². The molecule has 0 aromatic carbocycles. The minimum atomic E-state index is -0.199. The van der Waals surface area contributed by atoms with Crippen LogP contribution in [0, 0.1) is 6.92 Å². The van der Waals surface area contributed by atoms with Gasteiger partial charge < -0.3 is 5.11 Å². The van der Waals surface area contributed by atoms with Gasteiger partial charge in [-0.15, -0.1) is 0 Å². The Morgan fingerprint density at radius 1 is 1.30 bits per heavy atom. The Kier molecular flexibility index (Phi) is 1.31. The maximum atomic E-state index is 11.0. The van der Waals surface area contributed by atoms with Crippen molar-refractivity contribution in [3.63, 3.8) is 0 Å². The van der Waals surface area contributed by atoms with Crippen molar-refractivity contribution < 1.29 is 5.11 Å². The molecule has 0 aliphatic carbocycles. The van der Waals surface area contributed by atoms with E-state index in [0.29, 0.717) is 5.69 Å². The van der Waals surface area contributed by atoms with Crippen molar-refractivity contribution in [3.8, 4) is 5.88 Å². The van der Waals surface area contributed by atoms with Gasteiger partial charge in [0.2, 0.25) is 5.88 Å². The van der Waals surface area contributed by atoms with E-state index in [2.05, 4.69) is 0 Å². The Balaban J connectivity index is 3.60. The summed E-state index contributed by atoms with van der Waals surface area (Å²) in [5, 5.41) is 9.15. The zero-order valence-electron chi connectivity index (χ0n) is 6.25. The van der Waals surface area contributed by atoms with Crippen LogP contribution in [0.25, 0.3) is 0 Å². The molecule has 0 unspecified atom stereocenters. The first-order valence-corrected chi connectivity index (χ1v) is 2.97. The molecule has 1 N–H and O–H groups in total. The fourth-order valence-corrected chi connectivity index (χ4v) is 0.852. The molecule has 10 heavy (non-hydrogen) atoms. The van der Waals surface area contributed by atoms with Crippen LogP contribution in [0.2, 0.25) is 0 Å². The van der Waals surface area contributed by atoms with Crippen molar-refractivity contribution in [3.05, 3.63) is 16.2 Å². The fraction of sp³-hybridized carbons (Fsp3) is 0.500. The van der Waals surface area contributed by atoms with E-state index < -0.39 is 0 Å². The predicted octanol–water partition coefficient (Wildman–Crippen LogP) is -0.262. The van der Waals surface area contributed by atoms with Crippen molar-refractivity contribution in [2.24, 2.45) is 14.1 Å². The summed E-state index contributed by atoms with van der Waals surface area (Å²) in [5.41, 5.74) is 0.391. The first-order valence-electron chi connectivity index (χ1n) is 2.97. The number of hydrogen-bond donors (Lipinski definition) is 1. The van der Waals surface area contributed by atoms with Gasteiger partial charge in [-0.3, -0.25) is 9.13 Å². The Labute approximate surface area is 58.3 Å². The van der Waals surface area contributed by atoms with Gasteiger partial charge in [-0.05, 0) is 6.92 Å². The van der Waals surface area contributed by atoms with Crippen LogP contribution in [0.4, 0.5) is 0 Å². The summed E-state index contributed by atoms with van der Waals surface area (Å²) in [7, 11) is 3.15. The average Bonchev–Trinajstić information content (AvgIpc) is 2.07. The summed E-state index contributed by atoms with van der Waals surface area (Å²) in [5.74, 6) is 0.0347. The lowest BCUT2D eigenvalue weighted by Gasteiger charge is -1.90. The predicted molar refractivity (Wildman–Crippen MR) is 37.1 cm³/mol. The van der Waals surface area contributed by atoms with Crippen molar-refractivity contribution in [2.45, 2.75) is 6.92 Å². The van der Waals surface area contributed by atoms with Gasteiger partial charge in [0.25, 0.3) is 0 Å². The number of rotatable bonds is 0. The number of hydrogen-bond acceptors (Lipinski definition) is 2. The Bertz CT molecular complexity index is 280. The molecular formula is C6H10N2O2. The van der Waals surface area contributed by atoms with Gasteiger partial charge in [-0.1, -0.05) is 0 Å². The van der Waals surface area contributed by atoms with Crippen LogP contribution in [0.3, 0.4) is 0 Å². The van der Waals surface area contributed by atoms with Gasteiger partial charge >= 0.3 is 5.69 Å². The molecule has 1 heterocycles. The third-order valence-electron chi connectivity index (χ3n) is 1.72. The molecule has 0 saturated heterocycles. The maximum Gasteiger partial charge on any atom is 0.330 e. The topological polar surface area (TPSA) is 47.2 Å². The highest BCUT2D eigenvalue weighted by Gasteiger charge is 2.08. The lowest BCUT2D eigenvalue weighted by Crippen LogP contribution is -2.19. The Hall–Kier alpha value is -1.19. The van der Waals surface area contributed by atoms with Crippen molar-refractivity contribution >= 4 is 0 Å². The molecule has 0 radical (unpaired) electrons. The molecule has 0 saturated carbocycles. The lowest BCUT2D eigenvalue weighted by atomic mass is 10.5. The highest BCUT2D eigenvalue weighted by atomic mass is 16.3. The molecular weight excluding hydrogens is 132 g/mol. The second kappa shape index (κ2) is 1.90. The van der Waals surface area contributed by atoms with E-state index in [1.54, 1.807) is 14.0 Å². The monoisotopic (exact) mass is 142 g/mol. The molecule has 1 aromatic heterocycles. The van der Waals surface area contributed by atoms with Crippen LogP contribution < -0.4 is 5.69 Å². The molecule has 0 amide bonds. The van der Waals surface area contributed by atoms with Crippen LogP contribution in [0.15, 0.2) is 4.79 Å². The summed E-state index contributed by atoms with van der Waals surface area (Å²) in [6.45, 7) is 1.69. The summed E-state index contributed by atoms with van der Waals surface area (Å²) >= 11 is 0. The smallest absolute Gasteiger partial charge is 0.330 e. The number of aromatic hydroxyl groups is 1. The molecule has 0 bridgehead atoms. The summed E-state index contributed by atoms with van der Waals surface area (Å²) in [6, 6.07) is 0. The SMILES string of the molecule is Cc1c(O)n(C)c(=O)n1C. The molecule has 4 nitrogen and oxygen atoms in total. The highest BCUT2D eigenvalue weighted by Crippen LogP contribution is 2.09. The average molecular weight is 142 g/mol. The zero-order chi connectivity index (χ0) is 7.89. The lowest BCUT2D eigenvalue weighted by molar-refractivity contribution is 0.425. The Morgan fingerprint density at radius 2 is 1.80 bits per heavy atom. The molecule has 0 aliphatic heterocycles. The van der Waals surface area contributed by atoms with Gasteiger partial charge in [0, 0.05) is 14.1 Å². The van der Waals surface area contributed by atoms with Crippen LogP contribution in [0.1, 0.15) is 5.69 Å². The van der Waals surface area contributed by atoms with Crippen molar-refractivity contribution in [1.82, 2.24) is 9.13 Å². The molecule has 0 atom stereocenters. The van der Waals surface area contributed by atoms with Crippen LogP contribution in [-0.4, -0.2) is 14.2 Å². The second-order valence-corrected chi connectivity index (χ2v) is 2.31. The molecule has 0 aliphatic rings. The van der Waals surface area contributed by atoms with E-state index in [1.807, 2.05) is 0 Å². The molecule has 1 aromatic rings. The zero-order valence-corrected chi connectivity index (χ0v) is 6.25. The van der Waals surface area contributed by atoms with E-state index >= 15 is 0 Å². The van der Waals surface area contributed by atoms with Crippen molar-refractivity contribution in [2.75, 3.05) is 0 Å². The third-order valence-corrected chi connectivity index (χ3v) is 1.72. The molecule has 4 heteroatoms. The molecule has 0 spiro atoms. The minimum absolute atomic E-state index is 0.0347. The van der Waals surface area contributed by atoms with Crippen LogP contribution in [-0.2, 0) is 14.1 Å². The molecule has 56 valence electrons. The van der Waals surface area contributed by atoms with E-state index in [0.717, 1.165) is 0 Å². The second-order valence-electron chi connectivity index (χ2n) is 2.31. The highest BCUT2D eigenvalue weighted by molar-refractivity contribution is 5.17. The van der Waals surface area contributed by atoms with E-state index in [9.17, 15) is 4.79 Å². The number of aromatic nitrogens is 2. The normalized spacial score (nSPS) is 10.3. The third kappa shape index (κ3) is 0.650. The van der Waals surface area contributed by atoms with Crippen LogP contribution in [0.5, 0.6) is 5.88 Å². The van der Waals surface area contributed by atoms with Gasteiger partial charge in [0.05, 0.1) is 5.69 Å². The summed E-state index contributed by atoms with van der Waals surface area (Å²) < 4.78 is 2.60. The first-order chi connectivity index (χ1) is 4.55. The largest absolute Gasteiger partial charge is 0.493 e. The van der Waals surface area contributed by atoms with Gasteiger partial charge in [-0.25, -0.2) is 4.79 Å². The molecule has 0 fully saturated rings. The quantitative estimate of drug-likeness (QED) is 0.542. The van der Waals surface area contributed by atoms with Gasteiger partial charge in [-0.2, -0.15) is 0 Å². The summed E-state index contributed by atoms with van der Waals surface area (Å²) in [6.07, 6.45) is 0. The Morgan fingerprint density at radius 3 is 1.90 bits per heavy atom. The standard InChI is InChI=1S/C6H10N2O2/c1-4-5(9)8(3)6(10)7(4)2/h9H,1-3H3. The van der Waals surface area contributed by atoms with E-state index in [4.69, 9.17) is 5.11 Å².